The maximum absolute atomic E-state index is 13.1. The highest BCUT2D eigenvalue weighted by Crippen LogP contribution is 2.44. The van der Waals surface area contributed by atoms with Crippen molar-refractivity contribution in [2.24, 2.45) is 0 Å². The highest BCUT2D eigenvalue weighted by atomic mass is 16.5. The number of ether oxygens (including phenoxy) is 5. The van der Waals surface area contributed by atoms with E-state index in [2.05, 4.69) is 6.92 Å². The topological polar surface area (TPSA) is 63.2 Å². The fourth-order valence-electron chi connectivity index (χ4n) is 2.91. The minimum absolute atomic E-state index is 0.225. The minimum Gasteiger partial charge on any atom is -0.496 e. The molecule has 0 amide bonds. The van der Waals surface area contributed by atoms with Gasteiger partial charge in [0, 0.05) is 11.6 Å². The molecule has 0 aromatic heterocycles. The third-order valence-corrected chi connectivity index (χ3v) is 4.37. The molecule has 0 atom stereocenters. The van der Waals surface area contributed by atoms with Crippen molar-refractivity contribution < 1.29 is 28.5 Å². The Morgan fingerprint density at radius 3 is 1.86 bits per heavy atom. The van der Waals surface area contributed by atoms with Crippen LogP contribution in [0.1, 0.15) is 28.4 Å². The second kappa shape index (κ2) is 9.69. The van der Waals surface area contributed by atoms with Gasteiger partial charge in [-0.25, -0.2) is 0 Å². The first-order valence-corrected chi connectivity index (χ1v) is 8.80. The standard InChI is InChI=1S/C22H26O6/c1-7-14-8-11-17(24-2)15(12-14)9-10-16(23)20-21(27-5)18(25-3)13-19(26-4)22(20)28-6/h8-13H,7H2,1-6H3/b10-9+. The number of methoxy groups -OCH3 is 5. The molecule has 0 saturated heterocycles. The summed E-state index contributed by atoms with van der Waals surface area (Å²) in [5, 5.41) is 0. The Labute approximate surface area is 165 Å². The number of aryl methyl sites for hydroxylation is 1. The van der Waals surface area contributed by atoms with E-state index in [9.17, 15) is 4.79 Å². The van der Waals surface area contributed by atoms with Gasteiger partial charge in [0.2, 0.25) is 0 Å². The van der Waals surface area contributed by atoms with E-state index in [4.69, 9.17) is 23.7 Å². The van der Waals surface area contributed by atoms with Crippen LogP contribution in [0, 0.1) is 0 Å². The lowest BCUT2D eigenvalue weighted by Gasteiger charge is -2.17. The number of carbonyl (C=O) groups excluding carboxylic acids is 1. The van der Waals surface area contributed by atoms with Gasteiger partial charge >= 0.3 is 0 Å². The quantitative estimate of drug-likeness (QED) is 0.476. The molecule has 0 bridgehead atoms. The van der Waals surface area contributed by atoms with Crippen molar-refractivity contribution in [3.05, 3.63) is 47.0 Å². The van der Waals surface area contributed by atoms with Gasteiger partial charge in [-0.05, 0) is 36.3 Å². The smallest absolute Gasteiger partial charge is 0.193 e. The van der Waals surface area contributed by atoms with Gasteiger partial charge in [-0.1, -0.05) is 13.0 Å². The summed E-state index contributed by atoms with van der Waals surface area (Å²) >= 11 is 0. The Morgan fingerprint density at radius 1 is 0.821 bits per heavy atom. The van der Waals surface area contributed by atoms with E-state index in [1.54, 1.807) is 19.3 Å². The zero-order valence-electron chi connectivity index (χ0n) is 17.1. The minimum atomic E-state index is -0.310. The number of carbonyl (C=O) groups is 1. The van der Waals surface area contributed by atoms with Crippen LogP contribution in [0.2, 0.25) is 0 Å². The van der Waals surface area contributed by atoms with Crippen molar-refractivity contribution in [2.45, 2.75) is 13.3 Å². The van der Waals surface area contributed by atoms with Crippen LogP contribution in [0.5, 0.6) is 28.7 Å². The average molecular weight is 386 g/mol. The summed E-state index contributed by atoms with van der Waals surface area (Å²) < 4.78 is 26.9. The fraction of sp³-hybridized carbons (Fsp3) is 0.318. The van der Waals surface area contributed by atoms with Gasteiger partial charge in [-0.2, -0.15) is 0 Å². The van der Waals surface area contributed by atoms with Gasteiger partial charge in [0.15, 0.2) is 28.8 Å². The zero-order valence-corrected chi connectivity index (χ0v) is 17.1. The first kappa shape index (κ1) is 21.2. The van der Waals surface area contributed by atoms with E-state index in [-0.39, 0.29) is 22.8 Å². The summed E-state index contributed by atoms with van der Waals surface area (Å²) in [4.78, 5) is 13.1. The second-order valence-electron chi connectivity index (χ2n) is 5.85. The average Bonchev–Trinajstić information content (AvgIpc) is 2.75. The molecule has 0 heterocycles. The lowest BCUT2D eigenvalue weighted by molar-refractivity contribution is 0.104. The SMILES string of the molecule is CCc1ccc(OC)c(/C=C/C(=O)c2c(OC)c(OC)cc(OC)c2OC)c1. The lowest BCUT2D eigenvalue weighted by Crippen LogP contribution is -2.06. The lowest BCUT2D eigenvalue weighted by atomic mass is 10.0. The molecule has 0 radical (unpaired) electrons. The maximum atomic E-state index is 13.1. The zero-order chi connectivity index (χ0) is 20.7. The number of ketones is 1. The molecule has 0 spiro atoms. The van der Waals surface area contributed by atoms with Crippen LogP contribution < -0.4 is 23.7 Å². The van der Waals surface area contributed by atoms with Crippen LogP contribution in [0.3, 0.4) is 0 Å². The number of hydrogen-bond donors (Lipinski definition) is 0. The van der Waals surface area contributed by atoms with Crippen molar-refractivity contribution in [1.29, 1.82) is 0 Å². The van der Waals surface area contributed by atoms with Gasteiger partial charge in [0.05, 0.1) is 35.5 Å². The molecule has 2 aromatic carbocycles. The number of allylic oxidation sites excluding steroid dienone is 1. The molecule has 28 heavy (non-hydrogen) atoms. The predicted octanol–water partition coefficient (Wildman–Crippen LogP) is 4.19. The molecule has 0 aliphatic carbocycles. The van der Waals surface area contributed by atoms with Gasteiger partial charge in [-0.15, -0.1) is 0 Å². The Balaban J connectivity index is 2.56. The predicted molar refractivity (Wildman–Crippen MR) is 108 cm³/mol. The molecule has 0 aliphatic heterocycles. The van der Waals surface area contributed by atoms with E-state index in [0.717, 1.165) is 17.5 Å². The molecule has 0 unspecified atom stereocenters. The highest BCUT2D eigenvalue weighted by molar-refractivity contribution is 6.11. The molecule has 2 aromatic rings. The second-order valence-corrected chi connectivity index (χ2v) is 5.85. The van der Waals surface area contributed by atoms with Gasteiger partial charge in [-0.3, -0.25) is 4.79 Å². The molecular formula is C22H26O6. The molecule has 150 valence electrons. The molecule has 0 aliphatic rings. The van der Waals surface area contributed by atoms with Crippen LogP contribution in [0.25, 0.3) is 6.08 Å². The summed E-state index contributed by atoms with van der Waals surface area (Å²) in [6, 6.07) is 7.49. The summed E-state index contributed by atoms with van der Waals surface area (Å²) in [5.74, 6) is 1.69. The summed E-state index contributed by atoms with van der Waals surface area (Å²) in [6.07, 6.45) is 4.05. The van der Waals surface area contributed by atoms with Crippen molar-refractivity contribution in [1.82, 2.24) is 0 Å². The van der Waals surface area contributed by atoms with Gasteiger partial charge < -0.3 is 23.7 Å². The summed E-state index contributed by atoms with van der Waals surface area (Å²) in [6.45, 7) is 2.07. The summed E-state index contributed by atoms with van der Waals surface area (Å²) in [5.41, 5.74) is 2.18. The third-order valence-electron chi connectivity index (χ3n) is 4.37. The van der Waals surface area contributed by atoms with Crippen LogP contribution in [0.15, 0.2) is 30.3 Å². The monoisotopic (exact) mass is 386 g/mol. The molecule has 0 N–H and O–H groups in total. The van der Waals surface area contributed by atoms with Crippen LogP contribution in [0.4, 0.5) is 0 Å². The molecule has 0 fully saturated rings. The van der Waals surface area contributed by atoms with Crippen molar-refractivity contribution in [2.75, 3.05) is 35.5 Å². The Bertz CT molecular complexity index is 840. The molecule has 6 heteroatoms. The van der Waals surface area contributed by atoms with E-state index < -0.39 is 0 Å². The first-order chi connectivity index (χ1) is 13.5. The number of rotatable bonds is 9. The molecule has 6 nitrogen and oxygen atoms in total. The third kappa shape index (κ3) is 4.22. The van der Waals surface area contributed by atoms with Gasteiger partial charge in [0.25, 0.3) is 0 Å². The highest BCUT2D eigenvalue weighted by Gasteiger charge is 2.25. The maximum Gasteiger partial charge on any atom is 0.193 e. The molecule has 2 rings (SSSR count). The van der Waals surface area contributed by atoms with Crippen molar-refractivity contribution >= 4 is 11.9 Å². The van der Waals surface area contributed by atoms with E-state index in [0.29, 0.717) is 17.2 Å². The van der Waals surface area contributed by atoms with Gasteiger partial charge in [0.1, 0.15) is 11.3 Å². The van der Waals surface area contributed by atoms with Crippen LogP contribution in [-0.4, -0.2) is 41.3 Å². The van der Waals surface area contributed by atoms with Crippen molar-refractivity contribution in [3.8, 4) is 28.7 Å². The largest absolute Gasteiger partial charge is 0.496 e. The van der Waals surface area contributed by atoms with Crippen LogP contribution in [-0.2, 0) is 6.42 Å². The van der Waals surface area contributed by atoms with Crippen LogP contribution >= 0.6 is 0 Å². The van der Waals surface area contributed by atoms with Crippen molar-refractivity contribution in [3.63, 3.8) is 0 Å². The first-order valence-electron chi connectivity index (χ1n) is 8.80. The fourth-order valence-corrected chi connectivity index (χ4v) is 2.91. The van der Waals surface area contributed by atoms with E-state index >= 15 is 0 Å². The normalized spacial score (nSPS) is 10.6. The summed E-state index contributed by atoms with van der Waals surface area (Å²) in [7, 11) is 7.53. The number of hydrogen-bond acceptors (Lipinski definition) is 6. The molecule has 0 saturated carbocycles. The number of benzene rings is 2. The Hall–Kier alpha value is -3.15. The molecular weight excluding hydrogens is 360 g/mol. The van der Waals surface area contributed by atoms with E-state index in [1.807, 2.05) is 18.2 Å². The Kier molecular flexibility index (Phi) is 7.32. The van der Waals surface area contributed by atoms with E-state index in [1.165, 1.54) is 34.5 Å². The Morgan fingerprint density at radius 2 is 1.39 bits per heavy atom.